The number of carbonyl (C=O) groups excluding carboxylic acids is 3. The summed E-state index contributed by atoms with van der Waals surface area (Å²) in [5, 5.41) is 14.5. The van der Waals surface area contributed by atoms with Crippen molar-refractivity contribution in [3.8, 4) is 0 Å². The van der Waals surface area contributed by atoms with Crippen LogP contribution in [0.5, 0.6) is 0 Å². The Balaban J connectivity index is 0.000000333. The van der Waals surface area contributed by atoms with Crippen molar-refractivity contribution in [3.63, 3.8) is 0 Å². The van der Waals surface area contributed by atoms with Gasteiger partial charge in [0.2, 0.25) is 5.95 Å². The Kier molecular flexibility index (Phi) is 8.99. The second-order valence-electron chi connectivity index (χ2n) is 9.01. The van der Waals surface area contributed by atoms with Gasteiger partial charge in [0.1, 0.15) is 5.76 Å². The molecule has 0 unspecified atom stereocenters. The number of carbonyl (C=O) groups is 3. The zero-order valence-corrected chi connectivity index (χ0v) is 21.6. The third-order valence-corrected chi connectivity index (χ3v) is 6.12. The van der Waals surface area contributed by atoms with E-state index in [1.54, 1.807) is 36.1 Å². The van der Waals surface area contributed by atoms with Crippen molar-refractivity contribution >= 4 is 35.2 Å². The normalized spacial score (nSPS) is 15.2. The molecule has 0 bridgehead atoms. The average molecular weight is 538 g/mol. The van der Waals surface area contributed by atoms with Gasteiger partial charge in [-0.1, -0.05) is 5.16 Å². The molecule has 39 heavy (non-hydrogen) atoms. The third kappa shape index (κ3) is 7.25. The van der Waals surface area contributed by atoms with Crippen molar-refractivity contribution in [3.05, 3.63) is 53.0 Å². The molecule has 5 N–H and O–H groups in total. The Morgan fingerprint density at radius 1 is 0.923 bits per heavy atom. The zero-order chi connectivity index (χ0) is 27.8. The highest BCUT2D eigenvalue weighted by Crippen LogP contribution is 2.22. The predicted molar refractivity (Wildman–Crippen MR) is 141 cm³/mol. The topological polar surface area (TPSA) is 196 Å². The number of morpholine rings is 1. The van der Waals surface area contributed by atoms with Crippen molar-refractivity contribution in [2.45, 2.75) is 26.2 Å². The van der Waals surface area contributed by atoms with E-state index in [-0.39, 0.29) is 23.1 Å². The van der Waals surface area contributed by atoms with Gasteiger partial charge in [-0.05, 0) is 50.5 Å². The largest absolute Gasteiger partial charge is 0.378 e. The van der Waals surface area contributed by atoms with Crippen LogP contribution in [0.15, 0.2) is 34.9 Å². The van der Waals surface area contributed by atoms with E-state index in [0.29, 0.717) is 49.3 Å². The van der Waals surface area contributed by atoms with Crippen molar-refractivity contribution in [2.75, 3.05) is 49.6 Å². The molecule has 0 atom stereocenters. The van der Waals surface area contributed by atoms with Gasteiger partial charge < -0.3 is 35.8 Å². The summed E-state index contributed by atoms with van der Waals surface area (Å²) in [5.74, 6) is 0.0165. The predicted octanol–water partition coefficient (Wildman–Crippen LogP) is 1.26. The van der Waals surface area contributed by atoms with Gasteiger partial charge >= 0.3 is 0 Å². The Morgan fingerprint density at radius 2 is 1.62 bits per heavy atom. The van der Waals surface area contributed by atoms with Gasteiger partial charge in [-0.25, -0.2) is 0 Å². The van der Waals surface area contributed by atoms with E-state index in [9.17, 15) is 14.4 Å². The monoisotopic (exact) mass is 537 g/mol. The fourth-order valence-corrected chi connectivity index (χ4v) is 4.06. The molecule has 0 spiro atoms. The van der Waals surface area contributed by atoms with Crippen LogP contribution in [0.4, 0.5) is 17.5 Å². The number of nitrogens with zero attached hydrogens (tertiary/aromatic N) is 6. The second-order valence-corrected chi connectivity index (χ2v) is 9.01. The SMILES string of the molecule is Cc1cc(C(N)=O)no1.NC(=O)c1nnc(N2CCCCC2)nc1Nc1ccc(C(=O)N2CCOCC2)cc1. The maximum atomic E-state index is 12.6. The van der Waals surface area contributed by atoms with Gasteiger partial charge in [-0.2, -0.15) is 4.98 Å². The number of primary amides is 2. The quantitative estimate of drug-likeness (QED) is 0.409. The lowest BCUT2D eigenvalue weighted by atomic mass is 10.1. The maximum absolute atomic E-state index is 12.6. The molecular formula is C25H31N9O5. The maximum Gasteiger partial charge on any atom is 0.273 e. The number of hydrogen-bond donors (Lipinski definition) is 3. The summed E-state index contributed by atoms with van der Waals surface area (Å²) in [5.41, 5.74) is 11.7. The Bertz CT molecular complexity index is 1300. The molecule has 2 aliphatic heterocycles. The number of amides is 3. The molecule has 2 aliphatic rings. The molecule has 0 saturated carbocycles. The van der Waals surface area contributed by atoms with Crippen LogP contribution in [0, 0.1) is 6.92 Å². The standard InChI is InChI=1S/C20H25N7O3.C5H6N2O2/c21-17(28)16-18(23-20(25-24-16)27-8-2-1-3-9-27)22-15-6-4-14(5-7-15)19(29)26-10-12-30-13-11-26;1-3-2-4(5(6)8)7-9-3/h4-7H,1-3,8-13H2,(H2,21,28)(H,22,23,25);2H,1H3,(H2,6,8). The van der Waals surface area contributed by atoms with Gasteiger partial charge in [0.15, 0.2) is 17.2 Å². The van der Waals surface area contributed by atoms with Crippen molar-refractivity contribution < 1.29 is 23.6 Å². The summed E-state index contributed by atoms with van der Waals surface area (Å²) >= 11 is 0. The van der Waals surface area contributed by atoms with Gasteiger partial charge in [-0.15, -0.1) is 10.2 Å². The number of nitrogens with one attached hydrogen (secondary N) is 1. The first-order chi connectivity index (χ1) is 18.8. The highest BCUT2D eigenvalue weighted by atomic mass is 16.5. The number of benzene rings is 1. The van der Waals surface area contributed by atoms with Crippen molar-refractivity contribution in [1.82, 2.24) is 25.2 Å². The zero-order valence-electron chi connectivity index (χ0n) is 21.6. The van der Waals surface area contributed by atoms with Crippen LogP contribution in [0.25, 0.3) is 0 Å². The van der Waals surface area contributed by atoms with Crippen LogP contribution in [0.2, 0.25) is 0 Å². The van der Waals surface area contributed by atoms with Crippen LogP contribution in [-0.2, 0) is 4.74 Å². The van der Waals surface area contributed by atoms with Gasteiger partial charge in [-0.3, -0.25) is 14.4 Å². The molecule has 14 nitrogen and oxygen atoms in total. The summed E-state index contributed by atoms with van der Waals surface area (Å²) in [4.78, 5) is 43.0. The van der Waals surface area contributed by atoms with Crippen LogP contribution < -0.4 is 21.7 Å². The van der Waals surface area contributed by atoms with Crippen molar-refractivity contribution in [1.29, 1.82) is 0 Å². The molecule has 2 fully saturated rings. The number of ether oxygens (including phenoxy) is 1. The Labute approximate surface area is 224 Å². The van der Waals surface area contributed by atoms with Crippen LogP contribution in [0.1, 0.15) is 56.4 Å². The minimum Gasteiger partial charge on any atom is -0.378 e. The molecule has 1 aromatic carbocycles. The van der Waals surface area contributed by atoms with E-state index >= 15 is 0 Å². The molecule has 206 valence electrons. The average Bonchev–Trinajstić information content (AvgIpc) is 3.41. The Hall–Kier alpha value is -4.59. The lowest BCUT2D eigenvalue weighted by Crippen LogP contribution is -2.40. The molecule has 0 aliphatic carbocycles. The third-order valence-electron chi connectivity index (χ3n) is 6.12. The summed E-state index contributed by atoms with van der Waals surface area (Å²) in [7, 11) is 0. The molecule has 14 heteroatoms. The van der Waals surface area contributed by atoms with Crippen LogP contribution in [0.3, 0.4) is 0 Å². The fourth-order valence-electron chi connectivity index (χ4n) is 4.06. The molecule has 5 rings (SSSR count). The molecule has 2 aromatic heterocycles. The van der Waals surface area contributed by atoms with E-state index < -0.39 is 11.8 Å². The number of nitrogens with two attached hydrogens (primary N) is 2. The Morgan fingerprint density at radius 3 is 2.18 bits per heavy atom. The first-order valence-corrected chi connectivity index (χ1v) is 12.6. The first kappa shape index (κ1) is 27.4. The number of aryl methyl sites for hydroxylation is 1. The highest BCUT2D eigenvalue weighted by molar-refractivity contribution is 5.97. The summed E-state index contributed by atoms with van der Waals surface area (Å²) in [6.07, 6.45) is 3.33. The van der Waals surface area contributed by atoms with Gasteiger partial charge in [0.25, 0.3) is 17.7 Å². The van der Waals surface area contributed by atoms with E-state index in [1.807, 2.05) is 0 Å². The minimum atomic E-state index is -0.707. The second kappa shape index (κ2) is 12.8. The van der Waals surface area contributed by atoms with Crippen molar-refractivity contribution in [2.24, 2.45) is 11.5 Å². The van der Waals surface area contributed by atoms with Crippen LogP contribution in [-0.4, -0.2) is 82.4 Å². The fraction of sp³-hybridized carbons (Fsp3) is 0.400. The van der Waals surface area contributed by atoms with E-state index in [4.69, 9.17) is 16.2 Å². The smallest absolute Gasteiger partial charge is 0.273 e. The molecule has 4 heterocycles. The number of aromatic nitrogens is 4. The number of anilines is 3. The van der Waals surface area contributed by atoms with E-state index in [2.05, 4.69) is 35.1 Å². The summed E-state index contributed by atoms with van der Waals surface area (Å²) < 4.78 is 9.87. The molecule has 2 saturated heterocycles. The lowest BCUT2D eigenvalue weighted by Gasteiger charge is -2.27. The molecule has 3 aromatic rings. The summed E-state index contributed by atoms with van der Waals surface area (Å²) in [6, 6.07) is 8.50. The molecular weight excluding hydrogens is 506 g/mol. The van der Waals surface area contributed by atoms with Gasteiger partial charge in [0.05, 0.1) is 13.2 Å². The lowest BCUT2D eigenvalue weighted by molar-refractivity contribution is 0.0303. The number of rotatable bonds is 6. The number of piperidine rings is 1. The molecule has 0 radical (unpaired) electrons. The highest BCUT2D eigenvalue weighted by Gasteiger charge is 2.21. The van der Waals surface area contributed by atoms with Crippen LogP contribution >= 0.6 is 0 Å². The molecule has 3 amide bonds. The number of hydrogen-bond acceptors (Lipinski definition) is 11. The first-order valence-electron chi connectivity index (χ1n) is 12.6. The minimum absolute atomic E-state index is 0.0239. The van der Waals surface area contributed by atoms with E-state index in [0.717, 1.165) is 25.9 Å². The van der Waals surface area contributed by atoms with E-state index in [1.165, 1.54) is 12.5 Å². The summed E-state index contributed by atoms with van der Waals surface area (Å²) in [6.45, 7) is 5.70. The van der Waals surface area contributed by atoms with Gasteiger partial charge in [0, 0.05) is 43.5 Å².